The molecule has 0 unspecified atom stereocenters. The molecule has 0 spiro atoms. The number of nitrogens with one attached hydrogen (secondary N) is 2. The quantitative estimate of drug-likeness (QED) is 0.764. The van der Waals surface area contributed by atoms with E-state index in [1.54, 1.807) is 48.5 Å². The molecule has 0 aliphatic rings. The Kier molecular flexibility index (Phi) is 6.40. The van der Waals surface area contributed by atoms with Crippen molar-refractivity contribution < 1.29 is 9.59 Å². The average molecular weight is 410 g/mol. The van der Waals surface area contributed by atoms with Gasteiger partial charge in [0.1, 0.15) is 6.04 Å². The van der Waals surface area contributed by atoms with Crippen LogP contribution in [0.15, 0.2) is 53.0 Å². The predicted molar refractivity (Wildman–Crippen MR) is 100 cm³/mol. The second-order valence-electron chi connectivity index (χ2n) is 5.70. The summed E-state index contributed by atoms with van der Waals surface area (Å²) in [6, 6.07) is 13.2. The molecule has 2 amide bonds. The molecule has 2 aromatic carbocycles. The molecule has 0 saturated heterocycles. The van der Waals surface area contributed by atoms with E-state index in [1.165, 1.54) is 0 Å². The lowest BCUT2D eigenvalue weighted by atomic mass is 10.0. The number of hydrogen-bond acceptors (Lipinski definition) is 2. The molecule has 0 aromatic heterocycles. The lowest BCUT2D eigenvalue weighted by Gasteiger charge is -2.22. The van der Waals surface area contributed by atoms with E-state index in [9.17, 15) is 9.59 Å². The molecule has 0 fully saturated rings. The van der Waals surface area contributed by atoms with Crippen LogP contribution in [0.25, 0.3) is 0 Å². The van der Waals surface area contributed by atoms with Gasteiger partial charge < -0.3 is 10.6 Å². The molecule has 24 heavy (non-hydrogen) atoms. The first-order valence-electron chi connectivity index (χ1n) is 7.49. The van der Waals surface area contributed by atoms with Gasteiger partial charge in [0.2, 0.25) is 5.91 Å². The van der Waals surface area contributed by atoms with Crippen LogP contribution in [0.3, 0.4) is 0 Å². The Morgan fingerprint density at radius 2 is 1.75 bits per heavy atom. The van der Waals surface area contributed by atoms with Gasteiger partial charge in [-0.2, -0.15) is 0 Å². The molecule has 0 aliphatic carbocycles. The second kappa shape index (κ2) is 8.31. The minimum atomic E-state index is -0.653. The minimum absolute atomic E-state index is 0.0661. The molecule has 4 nitrogen and oxygen atoms in total. The topological polar surface area (TPSA) is 58.2 Å². The van der Waals surface area contributed by atoms with Crippen LogP contribution in [0.2, 0.25) is 5.02 Å². The summed E-state index contributed by atoms with van der Waals surface area (Å²) in [5, 5.41) is 6.11. The van der Waals surface area contributed by atoms with Crippen molar-refractivity contribution in [3.63, 3.8) is 0 Å². The summed E-state index contributed by atoms with van der Waals surface area (Å²) >= 11 is 9.25. The van der Waals surface area contributed by atoms with Gasteiger partial charge in [0.25, 0.3) is 5.91 Å². The second-order valence-corrected chi connectivity index (χ2v) is 7.05. The van der Waals surface area contributed by atoms with E-state index in [0.29, 0.717) is 16.3 Å². The maximum Gasteiger partial charge on any atom is 0.251 e. The zero-order valence-corrected chi connectivity index (χ0v) is 15.7. The smallest absolute Gasteiger partial charge is 0.251 e. The first kappa shape index (κ1) is 18.5. The largest absolute Gasteiger partial charge is 0.340 e. The molecular weight excluding hydrogens is 392 g/mol. The van der Waals surface area contributed by atoms with Crippen molar-refractivity contribution in [2.24, 2.45) is 5.92 Å². The summed E-state index contributed by atoms with van der Waals surface area (Å²) in [6.45, 7) is 3.76. The van der Waals surface area contributed by atoms with Crippen molar-refractivity contribution in [1.82, 2.24) is 5.32 Å². The van der Waals surface area contributed by atoms with E-state index in [1.807, 2.05) is 13.8 Å². The van der Waals surface area contributed by atoms with Crippen LogP contribution < -0.4 is 10.6 Å². The van der Waals surface area contributed by atoms with Gasteiger partial charge in [-0.05, 0) is 48.4 Å². The molecule has 0 radical (unpaired) electrons. The summed E-state index contributed by atoms with van der Waals surface area (Å²) in [4.78, 5) is 24.9. The summed E-state index contributed by atoms with van der Waals surface area (Å²) < 4.78 is 0.887. The van der Waals surface area contributed by atoms with Gasteiger partial charge in [0, 0.05) is 20.7 Å². The van der Waals surface area contributed by atoms with Crippen molar-refractivity contribution in [2.45, 2.75) is 19.9 Å². The van der Waals surface area contributed by atoms with Gasteiger partial charge >= 0.3 is 0 Å². The molecule has 0 heterocycles. The molecule has 1 atom stereocenters. The number of benzene rings is 2. The fourth-order valence-electron chi connectivity index (χ4n) is 2.15. The fourth-order valence-corrected chi connectivity index (χ4v) is 2.60. The number of carbonyl (C=O) groups excluding carboxylic acids is 2. The zero-order chi connectivity index (χ0) is 17.7. The van der Waals surface area contributed by atoms with Gasteiger partial charge in [-0.1, -0.05) is 47.4 Å². The minimum Gasteiger partial charge on any atom is -0.340 e. The molecule has 0 aliphatic heterocycles. The van der Waals surface area contributed by atoms with E-state index in [4.69, 9.17) is 11.6 Å². The van der Waals surface area contributed by atoms with Gasteiger partial charge in [0.15, 0.2) is 0 Å². The Labute approximate surface area is 154 Å². The van der Waals surface area contributed by atoms with Crippen LogP contribution in [-0.2, 0) is 4.79 Å². The van der Waals surface area contributed by atoms with Crippen LogP contribution in [0.1, 0.15) is 24.2 Å². The maximum absolute atomic E-state index is 12.5. The third-order valence-corrected chi connectivity index (χ3v) is 4.20. The van der Waals surface area contributed by atoms with Crippen molar-refractivity contribution >= 4 is 45.0 Å². The van der Waals surface area contributed by atoms with E-state index >= 15 is 0 Å². The number of halogens is 2. The third kappa shape index (κ3) is 5.08. The lowest BCUT2D eigenvalue weighted by molar-refractivity contribution is -0.118. The van der Waals surface area contributed by atoms with Crippen LogP contribution in [0, 0.1) is 5.92 Å². The molecule has 0 saturated carbocycles. The normalized spacial score (nSPS) is 11.9. The van der Waals surface area contributed by atoms with Crippen molar-refractivity contribution in [3.8, 4) is 0 Å². The van der Waals surface area contributed by atoms with E-state index in [0.717, 1.165) is 4.47 Å². The highest BCUT2D eigenvalue weighted by atomic mass is 79.9. The van der Waals surface area contributed by atoms with Crippen molar-refractivity contribution in [3.05, 3.63) is 63.6 Å². The van der Waals surface area contributed by atoms with Crippen LogP contribution in [-0.4, -0.2) is 17.9 Å². The third-order valence-electron chi connectivity index (χ3n) is 3.43. The summed E-state index contributed by atoms with van der Waals surface area (Å²) in [5.41, 5.74) is 1.09. The fraction of sp³-hybridized carbons (Fsp3) is 0.222. The predicted octanol–water partition coefficient (Wildman–Crippen LogP) is 4.50. The van der Waals surface area contributed by atoms with Crippen LogP contribution in [0.4, 0.5) is 5.69 Å². The molecular formula is C18H18BrClN2O2. The number of amides is 2. The van der Waals surface area contributed by atoms with Crippen molar-refractivity contribution in [1.29, 1.82) is 0 Å². The average Bonchev–Trinajstić information content (AvgIpc) is 2.52. The molecule has 126 valence electrons. The van der Waals surface area contributed by atoms with Crippen LogP contribution >= 0.6 is 27.5 Å². The Morgan fingerprint density at radius 1 is 1.08 bits per heavy atom. The molecule has 2 N–H and O–H groups in total. The van der Waals surface area contributed by atoms with Gasteiger partial charge in [-0.25, -0.2) is 0 Å². The Bertz CT molecular complexity index is 732. The SMILES string of the molecule is CC(C)[C@H](NC(=O)c1ccc(Br)cc1)C(=O)Nc1cccc(Cl)c1. The van der Waals surface area contributed by atoms with E-state index in [2.05, 4.69) is 26.6 Å². The lowest BCUT2D eigenvalue weighted by Crippen LogP contribution is -2.47. The van der Waals surface area contributed by atoms with Crippen molar-refractivity contribution in [2.75, 3.05) is 5.32 Å². The van der Waals surface area contributed by atoms with Crippen LogP contribution in [0.5, 0.6) is 0 Å². The maximum atomic E-state index is 12.5. The first-order chi connectivity index (χ1) is 11.4. The molecule has 6 heteroatoms. The Hall–Kier alpha value is -1.85. The summed E-state index contributed by atoms with van der Waals surface area (Å²) in [7, 11) is 0. The highest BCUT2D eigenvalue weighted by Crippen LogP contribution is 2.16. The number of hydrogen-bond donors (Lipinski definition) is 2. The first-order valence-corrected chi connectivity index (χ1v) is 8.67. The standard InChI is InChI=1S/C18H18BrClN2O2/c1-11(2)16(18(24)21-15-5-3-4-14(20)10-15)22-17(23)12-6-8-13(19)9-7-12/h3-11,16H,1-2H3,(H,21,24)(H,22,23)/t16-/m0/s1. The Morgan fingerprint density at radius 3 is 2.33 bits per heavy atom. The number of anilines is 1. The molecule has 0 bridgehead atoms. The van der Waals surface area contributed by atoms with Gasteiger partial charge in [0.05, 0.1) is 0 Å². The van der Waals surface area contributed by atoms with Gasteiger partial charge in [-0.3, -0.25) is 9.59 Å². The van der Waals surface area contributed by atoms with E-state index < -0.39 is 6.04 Å². The molecule has 2 aromatic rings. The summed E-state index contributed by atoms with van der Waals surface area (Å²) in [6.07, 6.45) is 0. The number of carbonyl (C=O) groups is 2. The molecule has 2 rings (SSSR count). The highest BCUT2D eigenvalue weighted by molar-refractivity contribution is 9.10. The zero-order valence-electron chi connectivity index (χ0n) is 13.3. The number of rotatable bonds is 5. The van der Waals surface area contributed by atoms with E-state index in [-0.39, 0.29) is 17.7 Å². The highest BCUT2D eigenvalue weighted by Gasteiger charge is 2.24. The van der Waals surface area contributed by atoms with Gasteiger partial charge in [-0.15, -0.1) is 0 Å². The summed E-state index contributed by atoms with van der Waals surface area (Å²) in [5.74, 6) is -0.635. The monoisotopic (exact) mass is 408 g/mol. The Balaban J connectivity index is 2.09.